The first kappa shape index (κ1) is 14.5. The van der Waals surface area contributed by atoms with E-state index in [2.05, 4.69) is 10.3 Å². The van der Waals surface area contributed by atoms with E-state index in [1.165, 1.54) is 13.3 Å². The van der Waals surface area contributed by atoms with E-state index in [4.69, 9.17) is 4.74 Å². The summed E-state index contributed by atoms with van der Waals surface area (Å²) in [5, 5.41) is 2.99. The highest BCUT2D eigenvalue weighted by Crippen LogP contribution is 2.21. The van der Waals surface area contributed by atoms with Gasteiger partial charge in [-0.2, -0.15) is 0 Å². The number of aromatic nitrogens is 1. The third kappa shape index (κ3) is 4.05. The molecule has 108 valence electrons. The highest BCUT2D eigenvalue weighted by molar-refractivity contribution is 5.84. The van der Waals surface area contributed by atoms with Crippen molar-refractivity contribution in [2.45, 2.75) is 51.2 Å². The van der Waals surface area contributed by atoms with Gasteiger partial charge >= 0.3 is 5.97 Å². The number of carbonyl (C=O) groups excluding carboxylic acids is 2. The first-order valence-corrected chi connectivity index (χ1v) is 7.04. The maximum atomic E-state index is 12.3. The van der Waals surface area contributed by atoms with Crippen LogP contribution in [0.4, 0.5) is 0 Å². The van der Waals surface area contributed by atoms with E-state index in [1.54, 1.807) is 24.5 Å². The Morgan fingerprint density at radius 1 is 1.25 bits per heavy atom. The molecule has 1 N–H and O–H groups in total. The van der Waals surface area contributed by atoms with E-state index >= 15 is 0 Å². The summed E-state index contributed by atoms with van der Waals surface area (Å²) < 4.78 is 5.16. The average molecular weight is 276 g/mol. The quantitative estimate of drug-likeness (QED) is 0.855. The summed E-state index contributed by atoms with van der Waals surface area (Å²) in [6.45, 7) is 1.31. The van der Waals surface area contributed by atoms with Crippen molar-refractivity contribution < 1.29 is 14.3 Å². The minimum absolute atomic E-state index is 0.191. The zero-order valence-corrected chi connectivity index (χ0v) is 11.7. The predicted octanol–water partition coefficient (Wildman–Crippen LogP) is 2.13. The second-order valence-corrected chi connectivity index (χ2v) is 5.11. The number of pyridine rings is 1. The van der Waals surface area contributed by atoms with Gasteiger partial charge in [0, 0.05) is 30.9 Å². The third-order valence-electron chi connectivity index (χ3n) is 3.48. The Kier molecular flexibility index (Phi) is 5.09. The highest BCUT2D eigenvalue weighted by Gasteiger charge is 2.26. The smallest absolute Gasteiger partial charge is 0.303 e. The Bertz CT molecular complexity index is 455. The maximum absolute atomic E-state index is 12.3. The first-order chi connectivity index (χ1) is 9.66. The van der Waals surface area contributed by atoms with Gasteiger partial charge < -0.3 is 10.1 Å². The van der Waals surface area contributed by atoms with Crippen LogP contribution in [0.25, 0.3) is 0 Å². The van der Waals surface area contributed by atoms with E-state index in [9.17, 15) is 9.59 Å². The van der Waals surface area contributed by atoms with Crippen LogP contribution in [-0.4, -0.2) is 22.9 Å². The number of ether oxygens (including phenoxy) is 1. The van der Waals surface area contributed by atoms with Crippen LogP contribution in [0.2, 0.25) is 0 Å². The molecule has 1 amide bonds. The molecular weight excluding hydrogens is 256 g/mol. The standard InChI is InChI=1S/C15H20N2O3/c1-11(18)20-14(12-7-9-16-10-8-12)15(19)17-13-5-3-2-4-6-13/h7-10,13-14H,2-6H2,1H3,(H,17,19)/t14-/m0/s1. The van der Waals surface area contributed by atoms with E-state index in [0.717, 1.165) is 25.7 Å². The number of nitrogens with zero attached hydrogens (tertiary/aromatic N) is 1. The lowest BCUT2D eigenvalue weighted by molar-refractivity contribution is -0.154. The summed E-state index contributed by atoms with van der Waals surface area (Å²) in [7, 11) is 0. The summed E-state index contributed by atoms with van der Waals surface area (Å²) in [5.41, 5.74) is 0.642. The second kappa shape index (κ2) is 7.03. The van der Waals surface area contributed by atoms with Crippen LogP contribution in [0, 0.1) is 0 Å². The topological polar surface area (TPSA) is 68.3 Å². The Balaban J connectivity index is 2.05. The van der Waals surface area contributed by atoms with Gasteiger partial charge in [-0.15, -0.1) is 0 Å². The molecule has 1 aliphatic rings. The Labute approximate surface area is 118 Å². The summed E-state index contributed by atoms with van der Waals surface area (Å²) in [6.07, 6.45) is 7.77. The zero-order chi connectivity index (χ0) is 14.4. The summed E-state index contributed by atoms with van der Waals surface area (Å²) >= 11 is 0. The molecule has 0 aliphatic heterocycles. The van der Waals surface area contributed by atoms with Crippen LogP contribution in [0.1, 0.15) is 50.7 Å². The molecule has 0 spiro atoms. The van der Waals surface area contributed by atoms with Crippen molar-refractivity contribution in [1.29, 1.82) is 0 Å². The number of nitrogens with one attached hydrogen (secondary N) is 1. The van der Waals surface area contributed by atoms with Crippen LogP contribution >= 0.6 is 0 Å². The summed E-state index contributed by atoms with van der Waals surface area (Å²) in [5.74, 6) is -0.719. The van der Waals surface area contributed by atoms with Crippen molar-refractivity contribution in [3.05, 3.63) is 30.1 Å². The fourth-order valence-electron chi connectivity index (χ4n) is 2.50. The van der Waals surface area contributed by atoms with Gasteiger partial charge in [-0.05, 0) is 25.0 Å². The van der Waals surface area contributed by atoms with Gasteiger partial charge in [0.1, 0.15) is 0 Å². The van der Waals surface area contributed by atoms with Gasteiger partial charge in [0.25, 0.3) is 5.91 Å². The van der Waals surface area contributed by atoms with Crippen molar-refractivity contribution in [3.8, 4) is 0 Å². The summed E-state index contributed by atoms with van der Waals surface area (Å²) in [6, 6.07) is 3.57. The average Bonchev–Trinajstić information content (AvgIpc) is 2.46. The van der Waals surface area contributed by atoms with Crippen LogP contribution in [-0.2, 0) is 14.3 Å². The summed E-state index contributed by atoms with van der Waals surface area (Å²) in [4.78, 5) is 27.5. The minimum Gasteiger partial charge on any atom is -0.447 e. The zero-order valence-electron chi connectivity index (χ0n) is 11.7. The molecule has 5 heteroatoms. The number of carbonyl (C=O) groups is 2. The normalized spacial score (nSPS) is 17.2. The molecule has 0 bridgehead atoms. The van der Waals surface area contributed by atoms with Crippen LogP contribution in [0.3, 0.4) is 0 Å². The lowest BCUT2D eigenvalue weighted by Crippen LogP contribution is -2.40. The molecular formula is C15H20N2O3. The minimum atomic E-state index is -0.891. The van der Waals surface area contributed by atoms with Crippen molar-refractivity contribution in [2.75, 3.05) is 0 Å². The van der Waals surface area contributed by atoms with Gasteiger partial charge in [0.15, 0.2) is 0 Å². The van der Waals surface area contributed by atoms with Crippen molar-refractivity contribution in [3.63, 3.8) is 0 Å². The number of esters is 1. The van der Waals surface area contributed by atoms with Gasteiger partial charge in [-0.3, -0.25) is 14.6 Å². The lowest BCUT2D eigenvalue weighted by Gasteiger charge is -2.25. The fraction of sp³-hybridized carbons (Fsp3) is 0.533. The number of hydrogen-bond acceptors (Lipinski definition) is 4. The third-order valence-corrected chi connectivity index (χ3v) is 3.48. The predicted molar refractivity (Wildman–Crippen MR) is 73.8 cm³/mol. The second-order valence-electron chi connectivity index (χ2n) is 5.11. The van der Waals surface area contributed by atoms with E-state index in [-0.39, 0.29) is 11.9 Å². The highest BCUT2D eigenvalue weighted by atomic mass is 16.5. The molecule has 1 saturated carbocycles. The molecule has 1 aromatic heterocycles. The number of amides is 1. The molecule has 2 rings (SSSR count). The Morgan fingerprint density at radius 2 is 1.90 bits per heavy atom. The molecule has 1 aromatic rings. The van der Waals surface area contributed by atoms with Crippen molar-refractivity contribution in [1.82, 2.24) is 10.3 Å². The van der Waals surface area contributed by atoms with Crippen LogP contribution in [0.5, 0.6) is 0 Å². The molecule has 1 atom stereocenters. The lowest BCUT2D eigenvalue weighted by atomic mass is 9.95. The first-order valence-electron chi connectivity index (χ1n) is 7.04. The van der Waals surface area contributed by atoms with Crippen LogP contribution < -0.4 is 5.32 Å². The largest absolute Gasteiger partial charge is 0.447 e. The van der Waals surface area contributed by atoms with Crippen molar-refractivity contribution >= 4 is 11.9 Å². The molecule has 0 aromatic carbocycles. The van der Waals surface area contributed by atoms with Gasteiger partial charge in [0.2, 0.25) is 6.10 Å². The fourth-order valence-corrected chi connectivity index (χ4v) is 2.50. The van der Waals surface area contributed by atoms with E-state index in [1.807, 2.05) is 0 Å². The molecule has 0 unspecified atom stereocenters. The van der Waals surface area contributed by atoms with Gasteiger partial charge in [-0.25, -0.2) is 0 Å². The van der Waals surface area contributed by atoms with Crippen molar-refractivity contribution in [2.24, 2.45) is 0 Å². The number of rotatable bonds is 4. The Morgan fingerprint density at radius 3 is 2.50 bits per heavy atom. The van der Waals surface area contributed by atoms with Crippen LogP contribution in [0.15, 0.2) is 24.5 Å². The molecule has 5 nitrogen and oxygen atoms in total. The van der Waals surface area contributed by atoms with Gasteiger partial charge in [0.05, 0.1) is 0 Å². The molecule has 1 aliphatic carbocycles. The molecule has 0 radical (unpaired) electrons. The maximum Gasteiger partial charge on any atom is 0.303 e. The van der Waals surface area contributed by atoms with E-state index < -0.39 is 12.1 Å². The molecule has 1 heterocycles. The SMILES string of the molecule is CC(=O)O[C@H](C(=O)NC1CCCCC1)c1ccncc1. The molecule has 1 fully saturated rings. The molecule has 20 heavy (non-hydrogen) atoms. The molecule has 0 saturated heterocycles. The van der Waals surface area contributed by atoms with E-state index in [0.29, 0.717) is 5.56 Å². The van der Waals surface area contributed by atoms with Gasteiger partial charge in [-0.1, -0.05) is 19.3 Å². The Hall–Kier alpha value is -1.91. The number of hydrogen-bond donors (Lipinski definition) is 1. The monoisotopic (exact) mass is 276 g/mol.